The number of nitrogen functional groups attached to an aromatic ring is 1. The van der Waals surface area contributed by atoms with E-state index >= 15 is 0 Å². The first-order valence-corrected chi connectivity index (χ1v) is 12.8. The molecule has 2 atom stereocenters. The van der Waals surface area contributed by atoms with Gasteiger partial charge in [-0.15, -0.1) is 0 Å². The van der Waals surface area contributed by atoms with Gasteiger partial charge in [0.05, 0.1) is 19.0 Å². The van der Waals surface area contributed by atoms with Gasteiger partial charge in [-0.25, -0.2) is 24.8 Å². The summed E-state index contributed by atoms with van der Waals surface area (Å²) in [5.74, 6) is -1.64. The fourth-order valence-corrected chi connectivity index (χ4v) is 5.46. The van der Waals surface area contributed by atoms with E-state index in [1.807, 2.05) is 0 Å². The molecule has 3 rings (SSSR count). The summed E-state index contributed by atoms with van der Waals surface area (Å²) in [5.41, 5.74) is 5.18. The second kappa shape index (κ2) is 10.8. The Kier molecular flexibility index (Phi) is 8.24. The van der Waals surface area contributed by atoms with Crippen LogP contribution in [0.15, 0.2) is 12.7 Å². The largest absolute Gasteiger partial charge is 0.480 e. The molecule has 1 fully saturated rings. The molecule has 1 aliphatic rings. The topological polar surface area (TPSA) is 181 Å². The van der Waals surface area contributed by atoms with Crippen LogP contribution in [0.3, 0.4) is 0 Å². The molecule has 0 amide bonds. The summed E-state index contributed by atoms with van der Waals surface area (Å²) in [4.78, 5) is 36.0. The number of imidazole rings is 1. The standard InChI is InChI=1S/C20H31N6O7P/c1-13(8-26-11-24-16-17(21)22-10-23-18(16)26)31-12-34(30,25-20(2,3)19(28)29)32-9-15(27)33-14-6-4-5-7-14/h10-11,13-14H,4-9,12H2,1-3H3,(H,25,30)(H,28,29)(H2,21,22,23)/t13-,34?/m1/s1. The van der Waals surface area contributed by atoms with Crippen molar-refractivity contribution < 1.29 is 33.3 Å². The number of ether oxygens (including phenoxy) is 2. The first-order valence-electron chi connectivity index (χ1n) is 11.0. The van der Waals surface area contributed by atoms with Crippen molar-refractivity contribution in [3.8, 4) is 0 Å². The average Bonchev–Trinajstić information content (AvgIpc) is 3.42. The van der Waals surface area contributed by atoms with Gasteiger partial charge >= 0.3 is 11.9 Å². The van der Waals surface area contributed by atoms with Crippen LogP contribution in [0.4, 0.5) is 5.82 Å². The number of carbonyl (C=O) groups is 2. The Morgan fingerprint density at radius 2 is 2.03 bits per heavy atom. The van der Waals surface area contributed by atoms with Crippen molar-refractivity contribution in [2.45, 2.75) is 70.7 Å². The predicted molar refractivity (Wildman–Crippen MR) is 122 cm³/mol. The highest BCUT2D eigenvalue weighted by Crippen LogP contribution is 2.45. The molecule has 2 aromatic rings. The number of hydrogen-bond donors (Lipinski definition) is 3. The van der Waals surface area contributed by atoms with Gasteiger partial charge in [0.1, 0.15) is 29.8 Å². The van der Waals surface area contributed by atoms with Gasteiger partial charge in [0.25, 0.3) is 7.52 Å². The second-order valence-corrected chi connectivity index (χ2v) is 10.9. The van der Waals surface area contributed by atoms with E-state index in [4.69, 9.17) is 19.7 Å². The maximum absolute atomic E-state index is 13.5. The summed E-state index contributed by atoms with van der Waals surface area (Å²) < 4.78 is 31.6. The van der Waals surface area contributed by atoms with Crippen LogP contribution in [0, 0.1) is 0 Å². The highest BCUT2D eigenvalue weighted by molar-refractivity contribution is 7.56. The van der Waals surface area contributed by atoms with Crippen molar-refractivity contribution in [2.24, 2.45) is 0 Å². The fourth-order valence-electron chi connectivity index (χ4n) is 3.55. The predicted octanol–water partition coefficient (Wildman–Crippen LogP) is 1.92. The number of carbonyl (C=O) groups excluding carboxylic acids is 1. The first kappa shape index (κ1) is 26.0. The molecule has 188 valence electrons. The van der Waals surface area contributed by atoms with E-state index in [0.29, 0.717) is 17.7 Å². The molecule has 14 heteroatoms. The number of nitrogens with two attached hydrogens (primary N) is 1. The molecule has 4 N–H and O–H groups in total. The second-order valence-electron chi connectivity index (χ2n) is 8.82. The van der Waals surface area contributed by atoms with Crippen LogP contribution < -0.4 is 10.8 Å². The van der Waals surface area contributed by atoms with Gasteiger partial charge in [0.15, 0.2) is 18.1 Å². The summed E-state index contributed by atoms with van der Waals surface area (Å²) in [6.45, 7) is 4.12. The number of carboxylic acid groups (broad SMARTS) is 1. The molecule has 2 aromatic heterocycles. The highest BCUT2D eigenvalue weighted by Gasteiger charge is 2.38. The molecular formula is C20H31N6O7P. The lowest BCUT2D eigenvalue weighted by Crippen LogP contribution is -2.46. The molecule has 2 heterocycles. The number of rotatable bonds is 12. The van der Waals surface area contributed by atoms with Crippen molar-refractivity contribution >= 4 is 36.4 Å². The zero-order valence-electron chi connectivity index (χ0n) is 19.5. The number of aliphatic carboxylic acids is 1. The number of fused-ring (bicyclic) bond motifs is 1. The smallest absolute Gasteiger partial charge is 0.332 e. The lowest BCUT2D eigenvalue weighted by molar-refractivity contribution is -0.151. The SMILES string of the molecule is C[C@H](Cn1cnc2c(N)ncnc21)OCP(=O)(NC(C)(C)C(=O)O)OCC(=O)OC1CCCC1. The van der Waals surface area contributed by atoms with Gasteiger partial charge in [-0.1, -0.05) is 0 Å². The van der Waals surface area contributed by atoms with Crippen LogP contribution >= 0.6 is 7.52 Å². The molecule has 0 spiro atoms. The number of aromatic nitrogens is 4. The maximum Gasteiger partial charge on any atom is 0.332 e. The molecule has 1 aliphatic carbocycles. The Morgan fingerprint density at radius 1 is 1.32 bits per heavy atom. The Balaban J connectivity index is 1.63. The molecule has 0 saturated heterocycles. The van der Waals surface area contributed by atoms with Crippen LogP contribution in [-0.4, -0.2) is 67.3 Å². The van der Waals surface area contributed by atoms with Crippen molar-refractivity contribution in [3.05, 3.63) is 12.7 Å². The van der Waals surface area contributed by atoms with Gasteiger partial charge in [0.2, 0.25) is 0 Å². The molecule has 1 saturated carbocycles. The first-order chi connectivity index (χ1) is 16.0. The van der Waals surface area contributed by atoms with Crippen LogP contribution in [0.25, 0.3) is 11.2 Å². The molecule has 0 radical (unpaired) electrons. The number of esters is 1. The quantitative estimate of drug-likeness (QED) is 0.286. The van der Waals surface area contributed by atoms with E-state index in [9.17, 15) is 19.3 Å². The summed E-state index contributed by atoms with van der Waals surface area (Å²) in [5, 5.41) is 12.0. The monoisotopic (exact) mass is 498 g/mol. The number of hydrogen-bond acceptors (Lipinski definition) is 10. The molecule has 0 aliphatic heterocycles. The summed E-state index contributed by atoms with van der Waals surface area (Å²) in [6.07, 6.45) is 5.28. The lowest BCUT2D eigenvalue weighted by atomic mass is 10.1. The molecule has 13 nitrogen and oxygen atoms in total. The van der Waals surface area contributed by atoms with Crippen LogP contribution in [0.1, 0.15) is 46.5 Å². The Bertz CT molecular complexity index is 1070. The molecular weight excluding hydrogens is 467 g/mol. The summed E-state index contributed by atoms with van der Waals surface area (Å²) in [7, 11) is -3.92. The summed E-state index contributed by atoms with van der Waals surface area (Å²) >= 11 is 0. The van der Waals surface area contributed by atoms with Gasteiger partial charge in [0, 0.05) is 0 Å². The average molecular weight is 498 g/mol. The molecule has 0 aromatic carbocycles. The van der Waals surface area contributed by atoms with E-state index in [-0.39, 0.29) is 11.9 Å². The molecule has 1 unspecified atom stereocenters. The van der Waals surface area contributed by atoms with E-state index in [2.05, 4.69) is 20.0 Å². The fraction of sp³-hybridized carbons (Fsp3) is 0.650. The van der Waals surface area contributed by atoms with Crippen LogP contribution in [0.5, 0.6) is 0 Å². The minimum absolute atomic E-state index is 0.168. The maximum atomic E-state index is 13.5. The van der Waals surface area contributed by atoms with E-state index in [1.165, 1.54) is 26.5 Å². The minimum atomic E-state index is -3.92. The molecule has 0 bridgehead atoms. The van der Waals surface area contributed by atoms with Gasteiger partial charge < -0.3 is 29.4 Å². The lowest BCUT2D eigenvalue weighted by Gasteiger charge is -2.29. The summed E-state index contributed by atoms with van der Waals surface area (Å²) in [6, 6.07) is 0. The third-order valence-corrected chi connectivity index (χ3v) is 7.32. The van der Waals surface area contributed by atoms with Crippen molar-refractivity contribution in [2.75, 3.05) is 18.7 Å². The Hall–Kier alpha value is -2.60. The van der Waals surface area contributed by atoms with Gasteiger partial charge in [-0.3, -0.25) is 9.36 Å². The van der Waals surface area contributed by atoms with Crippen molar-refractivity contribution in [1.29, 1.82) is 0 Å². The van der Waals surface area contributed by atoms with Crippen LogP contribution in [-0.2, 0) is 34.7 Å². The van der Waals surface area contributed by atoms with E-state index in [0.717, 1.165) is 25.7 Å². The number of nitrogens with one attached hydrogen (secondary N) is 1. The number of carboxylic acids is 1. The third kappa shape index (κ3) is 6.72. The Morgan fingerprint density at radius 3 is 2.71 bits per heavy atom. The molecule has 34 heavy (non-hydrogen) atoms. The number of anilines is 1. The van der Waals surface area contributed by atoms with Gasteiger partial charge in [-0.2, -0.15) is 0 Å². The van der Waals surface area contributed by atoms with Gasteiger partial charge in [-0.05, 0) is 46.5 Å². The zero-order valence-corrected chi connectivity index (χ0v) is 20.4. The number of nitrogens with zero attached hydrogens (tertiary/aromatic N) is 4. The van der Waals surface area contributed by atoms with Crippen LogP contribution in [0.2, 0.25) is 0 Å². The highest BCUT2D eigenvalue weighted by atomic mass is 31.2. The van der Waals surface area contributed by atoms with E-state index < -0.39 is 44.1 Å². The Labute approximate surface area is 196 Å². The normalized spacial score (nSPS) is 17.5. The minimum Gasteiger partial charge on any atom is -0.480 e. The van der Waals surface area contributed by atoms with E-state index in [1.54, 1.807) is 11.5 Å². The zero-order chi connectivity index (χ0) is 24.9. The van der Waals surface area contributed by atoms with Crippen molar-refractivity contribution in [3.63, 3.8) is 0 Å². The third-order valence-electron chi connectivity index (χ3n) is 5.39. The van der Waals surface area contributed by atoms with Crippen molar-refractivity contribution in [1.82, 2.24) is 24.6 Å².